The lowest BCUT2D eigenvalue weighted by atomic mass is 10.2. The zero-order valence-corrected chi connectivity index (χ0v) is 11.5. The third kappa shape index (κ3) is 2.74. The van der Waals surface area contributed by atoms with Crippen molar-refractivity contribution in [2.75, 3.05) is 7.11 Å². The zero-order chi connectivity index (χ0) is 14.7. The van der Waals surface area contributed by atoms with Crippen LogP contribution in [0.1, 0.15) is 24.4 Å². The molecule has 2 aromatic rings. The van der Waals surface area contributed by atoms with Crippen LogP contribution in [0.15, 0.2) is 28.7 Å². The molecular weight excluding hydrogens is 260 g/mol. The van der Waals surface area contributed by atoms with Crippen molar-refractivity contribution in [2.24, 2.45) is 5.92 Å². The van der Waals surface area contributed by atoms with Gasteiger partial charge in [0, 0.05) is 11.3 Å². The van der Waals surface area contributed by atoms with Crippen molar-refractivity contribution in [3.63, 3.8) is 0 Å². The third-order valence-electron chi connectivity index (χ3n) is 2.78. The molecule has 0 radical (unpaired) electrons. The lowest BCUT2D eigenvalue weighted by Crippen LogP contribution is -2.43. The molecule has 6 nitrogen and oxygen atoms in total. The number of amides is 2. The van der Waals surface area contributed by atoms with Crippen LogP contribution < -0.4 is 15.6 Å². The summed E-state index contributed by atoms with van der Waals surface area (Å²) in [5, 5.41) is 0.754. The molecule has 0 aliphatic carbocycles. The lowest BCUT2D eigenvalue weighted by molar-refractivity contribution is -0.124. The molecule has 2 amide bonds. The van der Waals surface area contributed by atoms with Gasteiger partial charge >= 0.3 is 5.91 Å². The average Bonchev–Trinajstić information content (AvgIpc) is 2.87. The number of furan rings is 1. The molecule has 106 valence electrons. The van der Waals surface area contributed by atoms with Gasteiger partial charge in [-0.15, -0.1) is 0 Å². The van der Waals surface area contributed by atoms with Crippen LogP contribution in [0.25, 0.3) is 11.0 Å². The highest BCUT2D eigenvalue weighted by Crippen LogP contribution is 2.28. The van der Waals surface area contributed by atoms with Crippen LogP contribution in [-0.2, 0) is 4.79 Å². The standard InChI is InChI=1S/C14H16N2O4/c1-8(2)13(17)15-16-14(18)11-7-9-5-4-6-10(19-3)12(9)20-11/h4-8H,1-3H3,(H,15,17)(H,16,18). The fourth-order valence-electron chi connectivity index (χ4n) is 1.63. The number of para-hydroxylation sites is 1. The molecule has 0 aliphatic heterocycles. The van der Waals surface area contributed by atoms with Gasteiger partial charge in [-0.3, -0.25) is 20.4 Å². The van der Waals surface area contributed by atoms with E-state index in [-0.39, 0.29) is 17.6 Å². The SMILES string of the molecule is COc1cccc2cc(C(=O)NNC(=O)C(C)C)oc12. The quantitative estimate of drug-likeness (QED) is 0.838. The Morgan fingerprint density at radius 3 is 2.65 bits per heavy atom. The average molecular weight is 276 g/mol. The van der Waals surface area contributed by atoms with Crippen LogP contribution in [0.5, 0.6) is 5.75 Å². The Labute approximate surface area is 116 Å². The van der Waals surface area contributed by atoms with Crippen molar-refractivity contribution in [1.29, 1.82) is 0 Å². The number of hydrogen-bond donors (Lipinski definition) is 2. The highest BCUT2D eigenvalue weighted by Gasteiger charge is 2.15. The van der Waals surface area contributed by atoms with E-state index >= 15 is 0 Å². The fourth-order valence-corrected chi connectivity index (χ4v) is 1.63. The largest absolute Gasteiger partial charge is 0.493 e. The maximum absolute atomic E-state index is 11.9. The predicted molar refractivity (Wildman–Crippen MR) is 73.2 cm³/mol. The molecule has 2 rings (SSSR count). The predicted octanol–water partition coefficient (Wildman–Crippen LogP) is 1.86. The fraction of sp³-hybridized carbons (Fsp3) is 0.286. The van der Waals surface area contributed by atoms with Gasteiger partial charge in [0.05, 0.1) is 7.11 Å². The van der Waals surface area contributed by atoms with Crippen LogP contribution in [-0.4, -0.2) is 18.9 Å². The first-order valence-corrected chi connectivity index (χ1v) is 6.19. The molecule has 0 atom stereocenters. The summed E-state index contributed by atoms with van der Waals surface area (Å²) in [5.74, 6) is -0.350. The van der Waals surface area contributed by atoms with Crippen molar-refractivity contribution in [1.82, 2.24) is 10.9 Å². The summed E-state index contributed by atoms with van der Waals surface area (Å²) >= 11 is 0. The number of carbonyl (C=O) groups is 2. The molecule has 0 aliphatic rings. The van der Waals surface area contributed by atoms with E-state index in [4.69, 9.17) is 9.15 Å². The molecule has 1 heterocycles. The maximum Gasteiger partial charge on any atom is 0.305 e. The first-order valence-electron chi connectivity index (χ1n) is 6.19. The van der Waals surface area contributed by atoms with Gasteiger partial charge in [0.15, 0.2) is 17.1 Å². The van der Waals surface area contributed by atoms with Crippen molar-refractivity contribution >= 4 is 22.8 Å². The number of carbonyl (C=O) groups excluding carboxylic acids is 2. The smallest absolute Gasteiger partial charge is 0.305 e. The monoisotopic (exact) mass is 276 g/mol. The van der Waals surface area contributed by atoms with Crippen molar-refractivity contribution in [3.05, 3.63) is 30.0 Å². The first kappa shape index (κ1) is 13.9. The summed E-state index contributed by atoms with van der Waals surface area (Å²) in [7, 11) is 1.53. The van der Waals surface area contributed by atoms with Gasteiger partial charge in [-0.1, -0.05) is 26.0 Å². The zero-order valence-electron chi connectivity index (χ0n) is 11.5. The van der Waals surface area contributed by atoms with Gasteiger partial charge in [0.1, 0.15) is 0 Å². The van der Waals surface area contributed by atoms with Crippen molar-refractivity contribution in [2.45, 2.75) is 13.8 Å². The Bertz CT molecular complexity index is 646. The van der Waals surface area contributed by atoms with E-state index in [1.54, 1.807) is 32.0 Å². The topological polar surface area (TPSA) is 80.6 Å². The number of benzene rings is 1. The summed E-state index contributed by atoms with van der Waals surface area (Å²) in [5.41, 5.74) is 5.12. The Morgan fingerprint density at radius 1 is 1.25 bits per heavy atom. The van der Waals surface area contributed by atoms with E-state index in [0.29, 0.717) is 11.3 Å². The van der Waals surface area contributed by atoms with Crippen LogP contribution >= 0.6 is 0 Å². The van der Waals surface area contributed by atoms with E-state index in [1.807, 2.05) is 6.07 Å². The second-order valence-corrected chi connectivity index (χ2v) is 4.59. The minimum Gasteiger partial charge on any atom is -0.493 e. The normalized spacial score (nSPS) is 10.6. The number of hydrogen-bond acceptors (Lipinski definition) is 4. The van der Waals surface area contributed by atoms with E-state index in [0.717, 1.165) is 5.39 Å². The molecule has 0 saturated heterocycles. The number of rotatable bonds is 3. The summed E-state index contributed by atoms with van der Waals surface area (Å²) in [6.45, 7) is 3.46. The Hall–Kier alpha value is -2.50. The van der Waals surface area contributed by atoms with Crippen molar-refractivity contribution < 1.29 is 18.7 Å². The first-order chi connectivity index (χ1) is 9.52. The molecule has 2 N–H and O–H groups in total. The minimum atomic E-state index is -0.516. The van der Waals surface area contributed by atoms with E-state index in [2.05, 4.69) is 10.9 Å². The van der Waals surface area contributed by atoms with Crippen LogP contribution in [0.2, 0.25) is 0 Å². The molecule has 1 aromatic heterocycles. The van der Waals surface area contributed by atoms with E-state index in [1.165, 1.54) is 7.11 Å². The van der Waals surface area contributed by atoms with E-state index in [9.17, 15) is 9.59 Å². The molecule has 0 saturated carbocycles. The van der Waals surface area contributed by atoms with Gasteiger partial charge in [0.25, 0.3) is 0 Å². The lowest BCUT2D eigenvalue weighted by Gasteiger charge is -2.07. The molecule has 1 aromatic carbocycles. The molecule has 0 spiro atoms. The second-order valence-electron chi connectivity index (χ2n) is 4.59. The Balaban J connectivity index is 2.17. The number of ether oxygens (including phenoxy) is 1. The number of nitrogens with one attached hydrogen (secondary N) is 2. The van der Waals surface area contributed by atoms with Crippen molar-refractivity contribution in [3.8, 4) is 5.75 Å². The highest BCUT2D eigenvalue weighted by molar-refractivity contribution is 5.98. The summed E-state index contributed by atoms with van der Waals surface area (Å²) in [4.78, 5) is 23.3. The van der Waals surface area contributed by atoms with E-state index < -0.39 is 5.91 Å². The highest BCUT2D eigenvalue weighted by atomic mass is 16.5. The van der Waals surface area contributed by atoms with Gasteiger partial charge in [-0.25, -0.2) is 0 Å². The van der Waals surface area contributed by atoms with Crippen LogP contribution in [0, 0.1) is 5.92 Å². The van der Waals surface area contributed by atoms with Gasteiger partial charge in [-0.2, -0.15) is 0 Å². The van der Waals surface area contributed by atoms with Gasteiger partial charge < -0.3 is 9.15 Å². The van der Waals surface area contributed by atoms with Crippen LogP contribution in [0.4, 0.5) is 0 Å². The summed E-state index contributed by atoms with van der Waals surface area (Å²) < 4.78 is 10.6. The number of hydrazine groups is 1. The Morgan fingerprint density at radius 2 is 2.00 bits per heavy atom. The molecular formula is C14H16N2O4. The van der Waals surface area contributed by atoms with Gasteiger partial charge in [0.2, 0.25) is 5.91 Å². The summed E-state index contributed by atoms with van der Waals surface area (Å²) in [6, 6.07) is 6.95. The third-order valence-corrected chi connectivity index (χ3v) is 2.78. The maximum atomic E-state index is 11.9. The minimum absolute atomic E-state index is 0.105. The van der Waals surface area contributed by atoms with Gasteiger partial charge in [-0.05, 0) is 12.1 Å². The second kappa shape index (κ2) is 5.64. The number of methoxy groups -OCH3 is 1. The molecule has 0 unspecified atom stereocenters. The molecule has 20 heavy (non-hydrogen) atoms. The molecule has 0 fully saturated rings. The van der Waals surface area contributed by atoms with Crippen LogP contribution in [0.3, 0.4) is 0 Å². The number of fused-ring (bicyclic) bond motifs is 1. The molecule has 6 heteroatoms. The molecule has 0 bridgehead atoms. The Kier molecular flexibility index (Phi) is 3.93. The summed E-state index contributed by atoms with van der Waals surface area (Å²) in [6.07, 6.45) is 0.